The molecular weight excluding hydrogens is 340 g/mol. The number of piperidine rings is 1. The van der Waals surface area contributed by atoms with Gasteiger partial charge in [0, 0.05) is 38.3 Å². The van der Waals surface area contributed by atoms with Crippen molar-refractivity contribution in [3.8, 4) is 0 Å². The summed E-state index contributed by atoms with van der Waals surface area (Å²) in [6.45, 7) is 2.32. The first kappa shape index (κ1) is 19.3. The molecule has 0 bridgehead atoms. The molecule has 3 heterocycles. The molecule has 1 N–H and O–H groups in total. The van der Waals surface area contributed by atoms with E-state index >= 15 is 0 Å². The van der Waals surface area contributed by atoms with Crippen molar-refractivity contribution in [3.63, 3.8) is 0 Å². The molecule has 0 aromatic carbocycles. The number of hydrogen-bond donors (Lipinski definition) is 1. The number of anilines is 1. The summed E-state index contributed by atoms with van der Waals surface area (Å²) in [5, 5.41) is 2.96. The minimum Gasteiger partial charge on any atom is -0.383 e. The minimum atomic E-state index is -0.0813. The fraction of sp³-hybridized carbons (Fsp3) is 0.476. The largest absolute Gasteiger partial charge is 0.383 e. The average Bonchev–Trinajstić information content (AvgIpc) is 2.73. The van der Waals surface area contributed by atoms with Gasteiger partial charge in [0.2, 0.25) is 0 Å². The summed E-state index contributed by atoms with van der Waals surface area (Å²) in [5.74, 6) is 0.839. The van der Waals surface area contributed by atoms with E-state index in [0.29, 0.717) is 24.8 Å². The van der Waals surface area contributed by atoms with Gasteiger partial charge in [-0.15, -0.1) is 0 Å². The summed E-state index contributed by atoms with van der Waals surface area (Å²) in [5.41, 5.74) is 1.64. The van der Waals surface area contributed by atoms with Gasteiger partial charge in [-0.2, -0.15) is 0 Å². The van der Waals surface area contributed by atoms with Crippen LogP contribution in [-0.2, 0) is 11.2 Å². The second-order valence-corrected chi connectivity index (χ2v) is 6.88. The van der Waals surface area contributed by atoms with Crippen LogP contribution in [-0.4, -0.2) is 48.7 Å². The lowest BCUT2D eigenvalue weighted by Crippen LogP contribution is -2.42. The van der Waals surface area contributed by atoms with Gasteiger partial charge in [-0.05, 0) is 56.4 Å². The first-order valence-electron chi connectivity index (χ1n) is 9.67. The fourth-order valence-electron chi connectivity index (χ4n) is 3.48. The van der Waals surface area contributed by atoms with E-state index in [-0.39, 0.29) is 5.91 Å². The van der Waals surface area contributed by atoms with Crippen molar-refractivity contribution in [1.82, 2.24) is 15.3 Å². The van der Waals surface area contributed by atoms with Crippen molar-refractivity contribution in [2.24, 2.45) is 0 Å². The Morgan fingerprint density at radius 2 is 2.19 bits per heavy atom. The highest BCUT2D eigenvalue weighted by atomic mass is 16.5. The maximum Gasteiger partial charge on any atom is 0.252 e. The molecule has 1 aliphatic heterocycles. The number of nitrogens with one attached hydrogen (secondary N) is 1. The highest BCUT2D eigenvalue weighted by Gasteiger charge is 2.23. The predicted octanol–water partition coefficient (Wildman–Crippen LogP) is 2.84. The second kappa shape index (κ2) is 10.0. The number of pyridine rings is 2. The van der Waals surface area contributed by atoms with E-state index in [0.717, 1.165) is 37.3 Å². The molecular formula is C21H28N4O2. The molecule has 0 aliphatic carbocycles. The monoisotopic (exact) mass is 368 g/mol. The van der Waals surface area contributed by atoms with Gasteiger partial charge in [0.05, 0.1) is 18.2 Å². The van der Waals surface area contributed by atoms with Gasteiger partial charge in [0.25, 0.3) is 5.91 Å². The van der Waals surface area contributed by atoms with Crippen LogP contribution in [0.3, 0.4) is 0 Å². The third kappa shape index (κ3) is 5.50. The molecule has 6 heteroatoms. The van der Waals surface area contributed by atoms with E-state index in [9.17, 15) is 4.79 Å². The van der Waals surface area contributed by atoms with E-state index in [2.05, 4.69) is 20.2 Å². The number of methoxy groups -OCH3 is 1. The quantitative estimate of drug-likeness (QED) is 0.726. The predicted molar refractivity (Wildman–Crippen MR) is 106 cm³/mol. The standard InChI is InChI=1S/C21H28N4O2/c1-27-16-19-9-3-5-14-25(19)20-11-10-17(15-24-20)21(26)23-13-6-8-18-7-2-4-12-22-18/h2,4,7,10-12,15,19H,3,5-6,8-9,13-14,16H2,1H3,(H,23,26)/t19-/m1/s1. The Morgan fingerprint density at radius 3 is 2.93 bits per heavy atom. The first-order chi connectivity index (χ1) is 13.3. The van der Waals surface area contributed by atoms with E-state index in [1.54, 1.807) is 19.5 Å². The molecule has 1 amide bonds. The first-order valence-corrected chi connectivity index (χ1v) is 9.67. The van der Waals surface area contributed by atoms with Gasteiger partial charge in [-0.25, -0.2) is 4.98 Å². The van der Waals surface area contributed by atoms with Crippen LogP contribution in [0.25, 0.3) is 0 Å². The Kier molecular flexibility index (Phi) is 7.16. The zero-order valence-corrected chi connectivity index (χ0v) is 15.9. The van der Waals surface area contributed by atoms with Crippen LogP contribution in [0.1, 0.15) is 41.7 Å². The molecule has 0 radical (unpaired) electrons. The van der Waals surface area contributed by atoms with Crippen LogP contribution in [0, 0.1) is 0 Å². The normalized spacial score (nSPS) is 16.9. The van der Waals surface area contributed by atoms with Crippen LogP contribution in [0.4, 0.5) is 5.82 Å². The fourth-order valence-corrected chi connectivity index (χ4v) is 3.48. The van der Waals surface area contributed by atoms with E-state index in [1.807, 2.05) is 30.3 Å². The summed E-state index contributed by atoms with van der Waals surface area (Å²) >= 11 is 0. The van der Waals surface area contributed by atoms with Gasteiger partial charge in [-0.1, -0.05) is 6.07 Å². The van der Waals surface area contributed by atoms with E-state index in [1.165, 1.54) is 12.8 Å². The third-order valence-electron chi connectivity index (χ3n) is 4.91. The van der Waals surface area contributed by atoms with Crippen LogP contribution in [0.5, 0.6) is 0 Å². The highest BCUT2D eigenvalue weighted by molar-refractivity contribution is 5.94. The summed E-state index contributed by atoms with van der Waals surface area (Å²) in [4.78, 5) is 23.4. The molecule has 1 aliphatic rings. The molecule has 1 fully saturated rings. The molecule has 1 saturated heterocycles. The lowest BCUT2D eigenvalue weighted by Gasteiger charge is -2.36. The molecule has 3 rings (SSSR count). The number of aromatic nitrogens is 2. The van der Waals surface area contributed by atoms with Gasteiger partial charge < -0.3 is 15.0 Å². The third-order valence-corrected chi connectivity index (χ3v) is 4.91. The van der Waals surface area contributed by atoms with Crippen LogP contribution in [0.15, 0.2) is 42.7 Å². The van der Waals surface area contributed by atoms with Crippen molar-refractivity contribution in [2.75, 3.05) is 31.7 Å². The molecule has 6 nitrogen and oxygen atoms in total. The van der Waals surface area contributed by atoms with Crippen molar-refractivity contribution in [2.45, 2.75) is 38.1 Å². The molecule has 144 valence electrons. The van der Waals surface area contributed by atoms with Gasteiger partial charge in [-0.3, -0.25) is 9.78 Å². The second-order valence-electron chi connectivity index (χ2n) is 6.88. The SMILES string of the molecule is COC[C@H]1CCCCN1c1ccc(C(=O)NCCCc2ccccn2)cn1. The van der Waals surface area contributed by atoms with Crippen molar-refractivity contribution < 1.29 is 9.53 Å². The molecule has 27 heavy (non-hydrogen) atoms. The van der Waals surface area contributed by atoms with Crippen molar-refractivity contribution in [3.05, 3.63) is 54.0 Å². The molecule has 0 spiro atoms. The Balaban J connectivity index is 1.49. The van der Waals surface area contributed by atoms with Gasteiger partial charge in [0.1, 0.15) is 5.82 Å². The van der Waals surface area contributed by atoms with Crippen LogP contribution in [0.2, 0.25) is 0 Å². The Morgan fingerprint density at radius 1 is 1.26 bits per heavy atom. The smallest absolute Gasteiger partial charge is 0.252 e. The highest BCUT2D eigenvalue weighted by Crippen LogP contribution is 2.23. The number of hydrogen-bond acceptors (Lipinski definition) is 5. The molecule has 1 atom stereocenters. The number of amides is 1. The Bertz CT molecular complexity index is 704. The minimum absolute atomic E-state index is 0.0813. The number of rotatable bonds is 8. The number of carbonyl (C=O) groups excluding carboxylic acids is 1. The van der Waals surface area contributed by atoms with Gasteiger partial charge in [0.15, 0.2) is 0 Å². The number of aryl methyl sites for hydroxylation is 1. The van der Waals surface area contributed by atoms with Crippen LogP contribution < -0.4 is 10.2 Å². The molecule has 0 unspecified atom stereocenters. The Labute approximate surface area is 161 Å². The van der Waals surface area contributed by atoms with Crippen molar-refractivity contribution >= 4 is 11.7 Å². The van der Waals surface area contributed by atoms with Crippen LogP contribution >= 0.6 is 0 Å². The summed E-state index contributed by atoms with van der Waals surface area (Å²) in [7, 11) is 1.74. The van der Waals surface area contributed by atoms with E-state index < -0.39 is 0 Å². The molecule has 2 aromatic heterocycles. The summed E-state index contributed by atoms with van der Waals surface area (Å²) in [6, 6.07) is 10.0. The molecule has 2 aromatic rings. The van der Waals surface area contributed by atoms with E-state index in [4.69, 9.17) is 4.74 Å². The number of ether oxygens (including phenoxy) is 1. The lowest BCUT2D eigenvalue weighted by atomic mass is 10.0. The van der Waals surface area contributed by atoms with Gasteiger partial charge >= 0.3 is 0 Å². The summed E-state index contributed by atoms with van der Waals surface area (Å²) < 4.78 is 5.34. The topological polar surface area (TPSA) is 67.3 Å². The molecule has 0 saturated carbocycles. The lowest BCUT2D eigenvalue weighted by molar-refractivity contribution is 0.0953. The maximum absolute atomic E-state index is 12.3. The average molecular weight is 368 g/mol. The maximum atomic E-state index is 12.3. The summed E-state index contributed by atoms with van der Waals surface area (Å²) in [6.07, 6.45) is 8.69. The zero-order valence-electron chi connectivity index (χ0n) is 15.9. The number of carbonyl (C=O) groups is 1. The Hall–Kier alpha value is -2.47. The zero-order chi connectivity index (χ0) is 18.9. The van der Waals surface area contributed by atoms with Crippen molar-refractivity contribution in [1.29, 1.82) is 0 Å². The number of nitrogens with zero attached hydrogens (tertiary/aromatic N) is 3.